The van der Waals surface area contributed by atoms with E-state index in [-0.39, 0.29) is 22.5 Å². The van der Waals surface area contributed by atoms with Crippen LogP contribution in [0.25, 0.3) is 0 Å². The molecule has 0 bridgehead atoms. The minimum Gasteiger partial charge on any atom is -0.478 e. The molecule has 1 heterocycles. The minimum absolute atomic E-state index is 0.00487. The summed E-state index contributed by atoms with van der Waals surface area (Å²) < 4.78 is 0. The molecule has 0 aliphatic carbocycles. The van der Waals surface area contributed by atoms with E-state index in [9.17, 15) is 19.7 Å². The monoisotopic (exact) mass is 292 g/mol. The predicted octanol–water partition coefficient (Wildman–Crippen LogP) is 2.61. The highest BCUT2D eigenvalue weighted by Gasteiger charge is 2.15. The van der Waals surface area contributed by atoms with Crippen molar-refractivity contribution in [2.24, 2.45) is 0 Å². The first-order valence-electron chi connectivity index (χ1n) is 5.34. The summed E-state index contributed by atoms with van der Waals surface area (Å²) in [4.78, 5) is 32.7. The van der Waals surface area contributed by atoms with E-state index in [4.69, 9.17) is 5.11 Å². The number of benzene rings is 1. The van der Waals surface area contributed by atoms with Gasteiger partial charge in [-0.05, 0) is 12.1 Å². The molecule has 2 aromatic rings. The highest BCUT2D eigenvalue weighted by molar-refractivity contribution is 7.08. The summed E-state index contributed by atoms with van der Waals surface area (Å²) in [6.45, 7) is 0. The fourth-order valence-corrected chi connectivity index (χ4v) is 2.24. The van der Waals surface area contributed by atoms with Gasteiger partial charge >= 0.3 is 5.97 Å². The van der Waals surface area contributed by atoms with E-state index in [1.807, 2.05) is 0 Å². The molecule has 0 saturated heterocycles. The lowest BCUT2D eigenvalue weighted by molar-refractivity contribution is -0.384. The molecule has 2 rings (SSSR count). The van der Waals surface area contributed by atoms with E-state index in [0.717, 1.165) is 11.3 Å². The molecule has 0 unspecified atom stereocenters. The van der Waals surface area contributed by atoms with Crippen molar-refractivity contribution in [2.45, 2.75) is 0 Å². The van der Waals surface area contributed by atoms with Crippen LogP contribution in [0.3, 0.4) is 0 Å². The number of carbonyl (C=O) groups excluding carboxylic acids is 1. The number of nitrogens with one attached hydrogen (secondary N) is 1. The number of hydrogen-bond donors (Lipinski definition) is 2. The lowest BCUT2D eigenvalue weighted by Crippen LogP contribution is -2.13. The fourth-order valence-electron chi connectivity index (χ4n) is 1.49. The molecule has 8 heteroatoms. The summed E-state index contributed by atoms with van der Waals surface area (Å²) in [5.41, 5.74) is 0.289. The van der Waals surface area contributed by atoms with E-state index in [1.54, 1.807) is 0 Å². The number of nitrogens with zero attached hydrogens (tertiary/aromatic N) is 1. The Hall–Kier alpha value is -2.74. The van der Waals surface area contributed by atoms with Crippen LogP contribution in [-0.4, -0.2) is 21.9 Å². The van der Waals surface area contributed by atoms with Gasteiger partial charge in [0.25, 0.3) is 11.6 Å². The second-order valence-corrected chi connectivity index (χ2v) is 4.51. The van der Waals surface area contributed by atoms with E-state index < -0.39 is 16.8 Å². The van der Waals surface area contributed by atoms with Crippen LogP contribution in [0.2, 0.25) is 0 Å². The lowest BCUT2D eigenvalue weighted by Gasteiger charge is -2.04. The molecular weight excluding hydrogens is 284 g/mol. The van der Waals surface area contributed by atoms with Crippen LogP contribution in [0, 0.1) is 10.1 Å². The van der Waals surface area contributed by atoms with Crippen molar-refractivity contribution in [3.63, 3.8) is 0 Å². The third-order valence-corrected chi connectivity index (χ3v) is 3.22. The maximum absolute atomic E-state index is 11.9. The van der Waals surface area contributed by atoms with Crippen molar-refractivity contribution in [3.8, 4) is 0 Å². The number of nitro benzene ring substituents is 1. The number of carboxylic acid groups (broad SMARTS) is 1. The van der Waals surface area contributed by atoms with Crippen molar-refractivity contribution < 1.29 is 19.6 Å². The summed E-state index contributed by atoms with van der Waals surface area (Å²) in [5.74, 6) is -1.66. The molecule has 0 fully saturated rings. The smallest absolute Gasteiger partial charge is 0.338 e. The molecule has 7 nitrogen and oxygen atoms in total. The van der Waals surface area contributed by atoms with Gasteiger partial charge in [0.15, 0.2) is 0 Å². The second kappa shape index (κ2) is 5.49. The Bertz CT molecular complexity index is 677. The Morgan fingerprint density at radius 2 is 1.85 bits per heavy atom. The van der Waals surface area contributed by atoms with Crippen LogP contribution in [-0.2, 0) is 0 Å². The number of amides is 1. The van der Waals surface area contributed by atoms with Crippen LogP contribution in [0.15, 0.2) is 35.0 Å². The van der Waals surface area contributed by atoms with Gasteiger partial charge < -0.3 is 10.4 Å². The summed E-state index contributed by atoms with van der Waals surface area (Å²) in [5, 5.41) is 24.8. The van der Waals surface area contributed by atoms with Crippen LogP contribution >= 0.6 is 11.3 Å². The van der Waals surface area contributed by atoms with Gasteiger partial charge in [-0.1, -0.05) is 0 Å². The van der Waals surface area contributed by atoms with Crippen LogP contribution in [0.4, 0.5) is 11.4 Å². The number of carbonyl (C=O) groups is 2. The topological polar surface area (TPSA) is 110 Å². The number of anilines is 1. The van der Waals surface area contributed by atoms with Gasteiger partial charge in [-0.2, -0.15) is 0 Å². The largest absolute Gasteiger partial charge is 0.478 e. The Balaban J connectivity index is 2.17. The zero-order valence-electron chi connectivity index (χ0n) is 9.90. The first-order chi connectivity index (χ1) is 9.49. The van der Waals surface area contributed by atoms with Crippen molar-refractivity contribution in [2.75, 3.05) is 5.32 Å². The first kappa shape index (κ1) is 13.7. The Labute approximate surface area is 116 Å². The van der Waals surface area contributed by atoms with E-state index in [1.165, 1.54) is 35.0 Å². The number of aromatic carboxylic acids is 1. The SMILES string of the molecule is O=C(Nc1cscc1C(=O)O)c1ccc([N+](=O)[O-])cc1. The fraction of sp³-hybridized carbons (Fsp3) is 0. The maximum Gasteiger partial charge on any atom is 0.338 e. The summed E-state index contributed by atoms with van der Waals surface area (Å²) in [6.07, 6.45) is 0. The Morgan fingerprint density at radius 3 is 2.40 bits per heavy atom. The van der Waals surface area contributed by atoms with Crippen LogP contribution in [0.5, 0.6) is 0 Å². The zero-order chi connectivity index (χ0) is 14.7. The van der Waals surface area contributed by atoms with E-state index >= 15 is 0 Å². The molecule has 0 aliphatic rings. The van der Waals surface area contributed by atoms with Gasteiger partial charge in [-0.15, -0.1) is 11.3 Å². The lowest BCUT2D eigenvalue weighted by atomic mass is 10.2. The zero-order valence-corrected chi connectivity index (χ0v) is 10.7. The molecule has 1 aromatic heterocycles. The standard InChI is InChI=1S/C12H8N2O5S/c15-11(7-1-3-8(4-2-7)14(18)19)13-10-6-20-5-9(10)12(16)17/h1-6H,(H,13,15)(H,16,17). The molecule has 1 aromatic carbocycles. The predicted molar refractivity (Wildman–Crippen MR) is 72.3 cm³/mol. The molecule has 102 valence electrons. The number of non-ortho nitro benzene ring substituents is 1. The van der Waals surface area contributed by atoms with Gasteiger partial charge in [-0.3, -0.25) is 14.9 Å². The van der Waals surface area contributed by atoms with Crippen LogP contribution < -0.4 is 5.32 Å². The van der Waals surface area contributed by atoms with Crippen molar-refractivity contribution in [3.05, 3.63) is 56.3 Å². The highest BCUT2D eigenvalue weighted by Crippen LogP contribution is 2.22. The molecule has 20 heavy (non-hydrogen) atoms. The molecule has 2 N–H and O–H groups in total. The maximum atomic E-state index is 11.9. The molecule has 0 radical (unpaired) electrons. The van der Waals surface area contributed by atoms with Crippen LogP contribution in [0.1, 0.15) is 20.7 Å². The number of hydrogen-bond acceptors (Lipinski definition) is 5. The van der Waals surface area contributed by atoms with Gasteiger partial charge in [0, 0.05) is 28.5 Å². The molecule has 1 amide bonds. The molecule has 0 aliphatic heterocycles. The molecule has 0 atom stereocenters. The molecule has 0 spiro atoms. The Kier molecular flexibility index (Phi) is 3.76. The first-order valence-corrected chi connectivity index (χ1v) is 6.28. The number of rotatable bonds is 4. The highest BCUT2D eigenvalue weighted by atomic mass is 32.1. The number of thiophene rings is 1. The number of nitro groups is 1. The average Bonchev–Trinajstić information content (AvgIpc) is 2.87. The summed E-state index contributed by atoms with van der Waals surface area (Å²) in [7, 11) is 0. The van der Waals surface area contributed by atoms with E-state index in [0.29, 0.717) is 0 Å². The molecule has 0 saturated carbocycles. The second-order valence-electron chi connectivity index (χ2n) is 3.76. The number of carboxylic acids is 1. The van der Waals surface area contributed by atoms with Crippen molar-refractivity contribution >= 4 is 34.6 Å². The quantitative estimate of drug-likeness (QED) is 0.665. The minimum atomic E-state index is -1.13. The van der Waals surface area contributed by atoms with Gasteiger partial charge in [-0.25, -0.2) is 4.79 Å². The van der Waals surface area contributed by atoms with E-state index in [2.05, 4.69) is 5.32 Å². The van der Waals surface area contributed by atoms with Gasteiger partial charge in [0.05, 0.1) is 16.2 Å². The normalized spacial score (nSPS) is 10.0. The Morgan fingerprint density at radius 1 is 1.20 bits per heavy atom. The van der Waals surface area contributed by atoms with Crippen molar-refractivity contribution in [1.29, 1.82) is 0 Å². The van der Waals surface area contributed by atoms with Gasteiger partial charge in [0.2, 0.25) is 0 Å². The summed E-state index contributed by atoms with van der Waals surface area (Å²) >= 11 is 1.15. The summed E-state index contributed by atoms with van der Waals surface area (Å²) in [6, 6.07) is 5.03. The van der Waals surface area contributed by atoms with Gasteiger partial charge in [0.1, 0.15) is 0 Å². The van der Waals surface area contributed by atoms with Crippen molar-refractivity contribution in [1.82, 2.24) is 0 Å². The third kappa shape index (κ3) is 2.81. The third-order valence-electron chi connectivity index (χ3n) is 2.48. The average molecular weight is 292 g/mol. The molecular formula is C12H8N2O5S.